The Balaban J connectivity index is 0.000000837. The molecule has 3 rings (SSSR count). The van der Waals surface area contributed by atoms with Gasteiger partial charge in [-0.3, -0.25) is 14.6 Å². The lowest BCUT2D eigenvalue weighted by Gasteiger charge is -2.39. The zero-order chi connectivity index (χ0) is 23.2. The van der Waals surface area contributed by atoms with Gasteiger partial charge in [0.2, 0.25) is 0 Å². The van der Waals surface area contributed by atoms with E-state index in [1.165, 1.54) is 11.1 Å². The van der Waals surface area contributed by atoms with Crippen molar-refractivity contribution in [2.24, 2.45) is 0 Å². The third-order valence-electron chi connectivity index (χ3n) is 4.97. The van der Waals surface area contributed by atoms with Crippen LogP contribution in [0.3, 0.4) is 0 Å². The third kappa shape index (κ3) is 9.43. The van der Waals surface area contributed by atoms with E-state index in [1.807, 2.05) is 6.08 Å². The lowest BCUT2D eigenvalue weighted by Crippen LogP contribution is -2.47. The van der Waals surface area contributed by atoms with Crippen molar-refractivity contribution in [1.29, 1.82) is 0 Å². The molecule has 32 heavy (non-hydrogen) atoms. The Kier molecular flexibility index (Phi) is 11.2. The van der Waals surface area contributed by atoms with Crippen LogP contribution in [0, 0.1) is 0 Å². The number of piperazine rings is 1. The molecule has 172 valence electrons. The van der Waals surface area contributed by atoms with Crippen molar-refractivity contribution in [3.63, 3.8) is 0 Å². The normalized spacial score (nSPS) is 14.8. The van der Waals surface area contributed by atoms with Gasteiger partial charge >= 0.3 is 5.97 Å². The number of hydrogen-bond donors (Lipinski definition) is 2. The summed E-state index contributed by atoms with van der Waals surface area (Å²) in [5.41, 5.74) is 2.66. The molecule has 7 heteroatoms. The Bertz CT molecular complexity index is 790. The molecule has 0 atom stereocenters. The maximum absolute atomic E-state index is 10.4. The summed E-state index contributed by atoms with van der Waals surface area (Å²) >= 11 is 0. The Hall–Kier alpha value is -3.00. The highest BCUT2D eigenvalue weighted by atomic mass is 16.5. The molecule has 2 aromatic rings. The van der Waals surface area contributed by atoms with Crippen molar-refractivity contribution in [3.8, 4) is 0 Å². The molecule has 0 radical (unpaired) electrons. The van der Waals surface area contributed by atoms with Crippen molar-refractivity contribution < 1.29 is 24.5 Å². The molecule has 1 fully saturated rings. The maximum atomic E-state index is 10.4. The molecule has 2 aromatic carbocycles. The number of aliphatic carboxylic acids is 2. The van der Waals surface area contributed by atoms with Crippen LogP contribution in [0.25, 0.3) is 0 Å². The van der Waals surface area contributed by atoms with Gasteiger partial charge in [0.1, 0.15) is 6.61 Å². The van der Waals surface area contributed by atoms with E-state index in [0.717, 1.165) is 39.6 Å². The molecular weight excluding hydrogens is 408 g/mol. The number of benzene rings is 2. The summed E-state index contributed by atoms with van der Waals surface area (Å²) in [7, 11) is 0. The monoisotopic (exact) mass is 440 g/mol. The number of rotatable bonds is 9. The molecule has 0 aliphatic carbocycles. The highest BCUT2D eigenvalue weighted by molar-refractivity contribution is 5.68. The highest BCUT2D eigenvalue weighted by Gasteiger charge is 2.25. The Labute approximate surface area is 189 Å². The quantitative estimate of drug-likeness (QED) is 0.457. The molecule has 0 aromatic heterocycles. The Morgan fingerprint density at radius 1 is 0.906 bits per heavy atom. The second kappa shape index (κ2) is 14.1. The summed E-state index contributed by atoms with van der Waals surface area (Å²) in [4.78, 5) is 24.4. The molecule has 0 spiro atoms. The molecular formula is C25H32N2O5. The minimum absolute atomic E-state index is 0.247. The summed E-state index contributed by atoms with van der Waals surface area (Å²) < 4.78 is 5.02. The predicted octanol–water partition coefficient (Wildman–Crippen LogP) is 3.14. The minimum Gasteiger partial charge on any atom is -0.481 e. The smallest absolute Gasteiger partial charge is 0.329 e. The van der Waals surface area contributed by atoms with E-state index in [1.54, 1.807) is 0 Å². The Morgan fingerprint density at radius 3 is 1.88 bits per heavy atom. The summed E-state index contributed by atoms with van der Waals surface area (Å²) in [6.07, 6.45) is 3.95. The maximum Gasteiger partial charge on any atom is 0.329 e. The highest BCUT2D eigenvalue weighted by Crippen LogP contribution is 2.29. The molecule has 0 saturated carbocycles. The third-order valence-corrected chi connectivity index (χ3v) is 4.97. The lowest BCUT2D eigenvalue weighted by atomic mass is 9.96. The summed E-state index contributed by atoms with van der Waals surface area (Å²) in [5, 5.41) is 16.0. The van der Waals surface area contributed by atoms with Crippen LogP contribution in [0.1, 0.15) is 24.1 Å². The molecule has 2 N–H and O–H groups in total. The first-order valence-electron chi connectivity index (χ1n) is 10.7. The first-order valence-corrected chi connectivity index (χ1v) is 10.7. The second-order valence-corrected chi connectivity index (χ2v) is 7.46. The van der Waals surface area contributed by atoms with Crippen LogP contribution in [-0.2, 0) is 14.3 Å². The van der Waals surface area contributed by atoms with Gasteiger partial charge in [0, 0.05) is 39.6 Å². The first kappa shape index (κ1) is 25.3. The van der Waals surface area contributed by atoms with E-state index in [4.69, 9.17) is 19.7 Å². The van der Waals surface area contributed by atoms with Gasteiger partial charge in [0.05, 0.1) is 12.6 Å². The van der Waals surface area contributed by atoms with E-state index in [-0.39, 0.29) is 12.6 Å². The number of carboxylic acids is 2. The van der Waals surface area contributed by atoms with Crippen molar-refractivity contribution in [3.05, 3.63) is 83.9 Å². The average molecular weight is 441 g/mol. The topological polar surface area (TPSA) is 90.3 Å². The van der Waals surface area contributed by atoms with Crippen molar-refractivity contribution in [2.75, 3.05) is 45.9 Å². The van der Waals surface area contributed by atoms with Crippen LogP contribution in [0.2, 0.25) is 0 Å². The van der Waals surface area contributed by atoms with Crippen molar-refractivity contribution >= 4 is 11.9 Å². The molecule has 0 unspecified atom stereocenters. The first-order chi connectivity index (χ1) is 15.5. The Morgan fingerprint density at radius 2 is 1.41 bits per heavy atom. The fourth-order valence-corrected chi connectivity index (χ4v) is 3.59. The number of carboxylic acid groups (broad SMARTS) is 2. The fourth-order valence-electron chi connectivity index (χ4n) is 3.59. The van der Waals surface area contributed by atoms with Gasteiger partial charge in [-0.05, 0) is 11.1 Å². The summed E-state index contributed by atoms with van der Waals surface area (Å²) in [6, 6.07) is 21.7. The number of ether oxygens (including phenoxy) is 1. The average Bonchev–Trinajstić information content (AvgIpc) is 2.78. The number of nitrogens with zero attached hydrogens (tertiary/aromatic N) is 2. The van der Waals surface area contributed by atoms with Gasteiger partial charge in [-0.25, -0.2) is 4.79 Å². The zero-order valence-corrected chi connectivity index (χ0v) is 18.5. The van der Waals surface area contributed by atoms with Crippen LogP contribution >= 0.6 is 0 Å². The zero-order valence-electron chi connectivity index (χ0n) is 18.5. The van der Waals surface area contributed by atoms with Gasteiger partial charge < -0.3 is 14.9 Å². The van der Waals surface area contributed by atoms with Gasteiger partial charge in [0.25, 0.3) is 5.97 Å². The fraction of sp³-hybridized carbons (Fsp3) is 0.360. The van der Waals surface area contributed by atoms with Crippen LogP contribution in [0.5, 0.6) is 0 Å². The molecule has 1 heterocycles. The van der Waals surface area contributed by atoms with Crippen molar-refractivity contribution in [2.45, 2.75) is 13.0 Å². The number of hydrogen-bond acceptors (Lipinski definition) is 5. The molecule has 1 aliphatic heterocycles. The second-order valence-electron chi connectivity index (χ2n) is 7.46. The molecule has 0 bridgehead atoms. The van der Waals surface area contributed by atoms with E-state index in [9.17, 15) is 4.79 Å². The lowest BCUT2D eigenvalue weighted by molar-refractivity contribution is -0.141. The molecule has 1 saturated heterocycles. The molecule has 1 aliphatic rings. The van der Waals surface area contributed by atoms with Crippen LogP contribution in [-0.4, -0.2) is 77.9 Å². The van der Waals surface area contributed by atoms with Gasteiger partial charge in [0.15, 0.2) is 0 Å². The van der Waals surface area contributed by atoms with E-state index >= 15 is 0 Å². The predicted molar refractivity (Wildman–Crippen MR) is 124 cm³/mol. The number of carbonyl (C=O) groups is 2. The van der Waals surface area contributed by atoms with Crippen molar-refractivity contribution in [1.82, 2.24) is 9.80 Å². The van der Waals surface area contributed by atoms with Gasteiger partial charge in [-0.1, -0.05) is 72.8 Å². The molecule has 7 nitrogen and oxygen atoms in total. The summed E-state index contributed by atoms with van der Waals surface area (Å²) in [6.45, 7) is 6.09. The summed E-state index contributed by atoms with van der Waals surface area (Å²) in [5.74, 6) is -1.77. The SMILES string of the molecule is CC(=O)O.O=C(O)COC/C=C\CN1CCN(C(c2ccccc2)c2ccccc2)CC1. The van der Waals surface area contributed by atoms with Gasteiger partial charge in [-0.15, -0.1) is 0 Å². The standard InChI is InChI=1S/C23H28N2O3.C2H4O2/c26-22(27)19-28-18-8-7-13-24-14-16-25(17-15-24)23(20-9-3-1-4-10-20)21-11-5-2-6-12-21;1-2(3)4/h1-12,23H,13-19H2,(H,26,27);1H3,(H,3,4)/b8-7-;. The van der Waals surface area contributed by atoms with E-state index < -0.39 is 11.9 Å². The van der Waals surface area contributed by atoms with Crippen LogP contribution < -0.4 is 0 Å². The van der Waals surface area contributed by atoms with Crippen LogP contribution in [0.15, 0.2) is 72.8 Å². The molecule has 0 amide bonds. The van der Waals surface area contributed by atoms with Crippen LogP contribution in [0.4, 0.5) is 0 Å². The van der Waals surface area contributed by atoms with E-state index in [2.05, 4.69) is 76.5 Å². The minimum atomic E-state index is -0.934. The van der Waals surface area contributed by atoms with Gasteiger partial charge in [-0.2, -0.15) is 0 Å². The van der Waals surface area contributed by atoms with E-state index in [0.29, 0.717) is 6.61 Å². The largest absolute Gasteiger partial charge is 0.481 e.